The lowest BCUT2D eigenvalue weighted by molar-refractivity contribution is -0.163. The summed E-state index contributed by atoms with van der Waals surface area (Å²) < 4.78 is 11.4. The Morgan fingerprint density at radius 3 is 1.98 bits per heavy atom. The van der Waals surface area contributed by atoms with Gasteiger partial charge in [-0.2, -0.15) is 0 Å². The normalized spacial score (nSPS) is 17.3. The van der Waals surface area contributed by atoms with Crippen molar-refractivity contribution in [3.63, 3.8) is 0 Å². The summed E-state index contributed by atoms with van der Waals surface area (Å²) in [5.74, 6) is -2.02. The number of likely N-dealkylation sites (N-methyl/N-ethyl adjacent to an activating group) is 1. The van der Waals surface area contributed by atoms with Gasteiger partial charge in [0.15, 0.2) is 6.10 Å². The quantitative estimate of drug-likeness (QED) is 0.139. The van der Waals surface area contributed by atoms with Crippen LogP contribution >= 0.6 is 0 Å². The number of rotatable bonds is 20. The van der Waals surface area contributed by atoms with E-state index in [0.29, 0.717) is 25.0 Å². The zero-order chi connectivity index (χ0) is 39.9. The summed E-state index contributed by atoms with van der Waals surface area (Å²) in [6, 6.07) is 16.3. The standard InChI is InChI=1S/C43H60N4O7/c1-10-30(6)40(46(7)8)43(52)54-37(24-29(4)5)42(51)45-34(23-28(2)3)41(50)44-33(25-31-17-13-11-14-18-31)21-22-38(48)47-35(36(53-9)27-39(47)49)26-32-19-15-12-16-20-32/h11-22,27-30,33-35,37,40H,10,23-26H2,1-9H3,(H,44,50)(H,45,51)/b22-21+/t30-,33+,34-,35-,37-,40-/m0/s1. The summed E-state index contributed by atoms with van der Waals surface area (Å²) in [5.41, 5.74) is 1.85. The van der Waals surface area contributed by atoms with E-state index in [1.165, 1.54) is 24.2 Å². The number of amides is 4. The molecule has 54 heavy (non-hydrogen) atoms. The zero-order valence-corrected chi connectivity index (χ0v) is 33.4. The van der Waals surface area contributed by atoms with E-state index in [1.54, 1.807) is 11.0 Å². The van der Waals surface area contributed by atoms with Gasteiger partial charge < -0.3 is 20.1 Å². The van der Waals surface area contributed by atoms with Crippen molar-refractivity contribution in [3.05, 3.63) is 95.8 Å². The molecule has 11 nitrogen and oxygen atoms in total. The summed E-state index contributed by atoms with van der Waals surface area (Å²) >= 11 is 0. The highest BCUT2D eigenvalue weighted by Gasteiger charge is 2.38. The first kappa shape index (κ1) is 43.6. The minimum Gasteiger partial charge on any atom is -0.499 e. The van der Waals surface area contributed by atoms with Gasteiger partial charge in [-0.05, 0) is 62.2 Å². The molecule has 6 atom stereocenters. The molecule has 0 bridgehead atoms. The molecule has 294 valence electrons. The largest absolute Gasteiger partial charge is 0.499 e. The number of benzene rings is 2. The third kappa shape index (κ3) is 13.0. The molecular formula is C43H60N4O7. The van der Waals surface area contributed by atoms with Crippen LogP contribution in [0.5, 0.6) is 0 Å². The molecule has 0 radical (unpaired) electrons. The molecule has 0 saturated heterocycles. The molecule has 2 aromatic carbocycles. The highest BCUT2D eigenvalue weighted by molar-refractivity contribution is 6.08. The number of hydrogen-bond acceptors (Lipinski definition) is 8. The first-order valence-corrected chi connectivity index (χ1v) is 19.0. The van der Waals surface area contributed by atoms with E-state index in [-0.39, 0.29) is 24.2 Å². The van der Waals surface area contributed by atoms with Gasteiger partial charge in [0.25, 0.3) is 17.7 Å². The number of nitrogens with zero attached hydrogens (tertiary/aromatic N) is 2. The highest BCUT2D eigenvalue weighted by Crippen LogP contribution is 2.25. The Kier molecular flexibility index (Phi) is 17.1. The maximum atomic E-state index is 14.0. The molecular weight excluding hydrogens is 684 g/mol. The second kappa shape index (κ2) is 21.2. The van der Waals surface area contributed by atoms with Crippen molar-refractivity contribution in [1.82, 2.24) is 20.4 Å². The van der Waals surface area contributed by atoms with E-state index in [9.17, 15) is 24.0 Å². The molecule has 0 saturated carbocycles. The smallest absolute Gasteiger partial charge is 0.324 e. The number of hydrogen-bond donors (Lipinski definition) is 2. The average molecular weight is 745 g/mol. The van der Waals surface area contributed by atoms with Crippen molar-refractivity contribution in [3.8, 4) is 0 Å². The lowest BCUT2D eigenvalue weighted by Gasteiger charge is -2.30. The first-order valence-electron chi connectivity index (χ1n) is 19.0. The van der Waals surface area contributed by atoms with Crippen LogP contribution in [0.25, 0.3) is 0 Å². The third-order valence-electron chi connectivity index (χ3n) is 9.54. The number of ether oxygens (including phenoxy) is 2. The fourth-order valence-corrected chi connectivity index (χ4v) is 6.64. The van der Waals surface area contributed by atoms with Crippen LogP contribution in [0.15, 0.2) is 84.7 Å². The Morgan fingerprint density at radius 1 is 0.852 bits per heavy atom. The van der Waals surface area contributed by atoms with Crippen LogP contribution in [0.4, 0.5) is 0 Å². The molecule has 0 aliphatic carbocycles. The third-order valence-corrected chi connectivity index (χ3v) is 9.54. The van der Waals surface area contributed by atoms with Crippen molar-refractivity contribution in [1.29, 1.82) is 0 Å². The molecule has 4 amide bonds. The Bertz CT molecular complexity index is 1610. The predicted molar refractivity (Wildman–Crippen MR) is 210 cm³/mol. The topological polar surface area (TPSA) is 134 Å². The lowest BCUT2D eigenvalue weighted by Crippen LogP contribution is -2.53. The fourth-order valence-electron chi connectivity index (χ4n) is 6.64. The van der Waals surface area contributed by atoms with E-state index in [2.05, 4.69) is 10.6 Å². The van der Waals surface area contributed by atoms with E-state index in [0.717, 1.165) is 17.5 Å². The van der Waals surface area contributed by atoms with Crippen molar-refractivity contribution in [2.24, 2.45) is 17.8 Å². The second-order valence-corrected chi connectivity index (χ2v) is 15.2. The number of carbonyl (C=O) groups excluding carboxylic acids is 5. The summed E-state index contributed by atoms with van der Waals surface area (Å²) in [4.78, 5) is 71.0. The van der Waals surface area contributed by atoms with Gasteiger partial charge >= 0.3 is 5.97 Å². The van der Waals surface area contributed by atoms with Crippen molar-refractivity contribution in [2.75, 3.05) is 21.2 Å². The summed E-state index contributed by atoms with van der Waals surface area (Å²) in [6.45, 7) is 11.8. The number of imide groups is 1. The van der Waals surface area contributed by atoms with Crippen LogP contribution in [-0.2, 0) is 46.3 Å². The minimum absolute atomic E-state index is 0.00726. The second-order valence-electron chi connectivity index (χ2n) is 15.2. The summed E-state index contributed by atoms with van der Waals surface area (Å²) in [7, 11) is 5.10. The number of carbonyl (C=O) groups is 5. The molecule has 0 unspecified atom stereocenters. The van der Waals surface area contributed by atoms with Crippen LogP contribution in [0.1, 0.15) is 71.9 Å². The fraction of sp³-hybridized carbons (Fsp3) is 0.512. The van der Waals surface area contributed by atoms with Gasteiger partial charge in [0.2, 0.25) is 5.91 Å². The van der Waals surface area contributed by atoms with E-state index < -0.39 is 59.9 Å². The van der Waals surface area contributed by atoms with Gasteiger partial charge in [-0.3, -0.25) is 33.8 Å². The van der Waals surface area contributed by atoms with Gasteiger partial charge in [0, 0.05) is 18.6 Å². The Labute approximate surface area is 321 Å². The molecule has 0 spiro atoms. The maximum absolute atomic E-state index is 14.0. The monoisotopic (exact) mass is 744 g/mol. The highest BCUT2D eigenvalue weighted by atomic mass is 16.5. The van der Waals surface area contributed by atoms with Crippen LogP contribution in [0.2, 0.25) is 0 Å². The molecule has 1 aliphatic heterocycles. The van der Waals surface area contributed by atoms with Crippen LogP contribution in [0.3, 0.4) is 0 Å². The van der Waals surface area contributed by atoms with E-state index >= 15 is 0 Å². The Morgan fingerprint density at radius 2 is 1.44 bits per heavy atom. The van der Waals surface area contributed by atoms with E-state index in [1.807, 2.05) is 116 Å². The minimum atomic E-state index is -1.09. The summed E-state index contributed by atoms with van der Waals surface area (Å²) in [5, 5.41) is 5.92. The number of methoxy groups -OCH3 is 1. The van der Waals surface area contributed by atoms with Crippen LogP contribution in [0, 0.1) is 17.8 Å². The molecule has 3 rings (SSSR count). The molecule has 2 N–H and O–H groups in total. The van der Waals surface area contributed by atoms with Gasteiger partial charge in [0.1, 0.15) is 23.9 Å². The van der Waals surface area contributed by atoms with Crippen molar-refractivity contribution in [2.45, 2.75) is 104 Å². The van der Waals surface area contributed by atoms with E-state index in [4.69, 9.17) is 9.47 Å². The number of esters is 1. The maximum Gasteiger partial charge on any atom is 0.324 e. The van der Waals surface area contributed by atoms with Crippen molar-refractivity contribution >= 4 is 29.6 Å². The number of nitrogens with one attached hydrogen (secondary N) is 2. The first-order chi connectivity index (χ1) is 25.6. The van der Waals surface area contributed by atoms with Gasteiger partial charge in [-0.1, -0.05) is 115 Å². The molecule has 2 aromatic rings. The molecule has 0 fully saturated rings. The van der Waals surface area contributed by atoms with Crippen LogP contribution < -0.4 is 10.6 Å². The molecule has 1 heterocycles. The van der Waals surface area contributed by atoms with Gasteiger partial charge in [-0.15, -0.1) is 0 Å². The molecule has 11 heteroatoms. The lowest BCUT2D eigenvalue weighted by atomic mass is 9.98. The Hall–Kier alpha value is -4.77. The van der Waals surface area contributed by atoms with Crippen molar-refractivity contribution < 1.29 is 33.4 Å². The Balaban J connectivity index is 1.86. The predicted octanol–water partition coefficient (Wildman–Crippen LogP) is 5.25. The van der Waals surface area contributed by atoms with Gasteiger partial charge in [-0.25, -0.2) is 0 Å². The molecule has 1 aliphatic rings. The zero-order valence-electron chi connectivity index (χ0n) is 33.4. The summed E-state index contributed by atoms with van der Waals surface area (Å²) in [6.07, 6.45) is 5.23. The van der Waals surface area contributed by atoms with Crippen LogP contribution in [-0.4, -0.2) is 90.9 Å². The SMILES string of the molecule is CC[C@H](C)[C@@H](C(=O)O[C@@H](CC(C)C)C(=O)N[C@@H](CC(C)C)C(=O)N[C@H](/C=C/C(=O)N1C(=O)C=C(OC)[C@@H]1Cc1ccccc1)Cc1ccccc1)N(C)C. The average Bonchev–Trinajstić information content (AvgIpc) is 3.44. The van der Waals surface area contributed by atoms with Gasteiger partial charge in [0.05, 0.1) is 13.2 Å². The molecule has 0 aromatic heterocycles.